The molecule has 3 aromatic rings. The number of rotatable bonds is 5. The van der Waals surface area contributed by atoms with Gasteiger partial charge in [-0.1, -0.05) is 0 Å². The summed E-state index contributed by atoms with van der Waals surface area (Å²) in [5.74, 6) is 2.39. The molecule has 1 aromatic carbocycles. The van der Waals surface area contributed by atoms with Gasteiger partial charge in [0.25, 0.3) is 0 Å². The molecule has 23 heavy (non-hydrogen) atoms. The van der Waals surface area contributed by atoms with E-state index in [0.29, 0.717) is 29.3 Å². The van der Waals surface area contributed by atoms with Gasteiger partial charge in [0.05, 0.1) is 25.8 Å². The van der Waals surface area contributed by atoms with E-state index in [-0.39, 0.29) is 0 Å². The molecule has 0 fully saturated rings. The van der Waals surface area contributed by atoms with Crippen molar-refractivity contribution < 1.29 is 9.47 Å². The van der Waals surface area contributed by atoms with Gasteiger partial charge >= 0.3 is 0 Å². The first-order valence-electron chi connectivity index (χ1n) is 7.01. The van der Waals surface area contributed by atoms with E-state index in [1.807, 2.05) is 30.1 Å². The average Bonchev–Trinajstić information content (AvgIpc) is 3.04. The Bertz CT molecular complexity index is 832. The summed E-state index contributed by atoms with van der Waals surface area (Å²) in [5, 5.41) is 7.45. The molecule has 2 heterocycles. The number of hydrogen-bond acceptors (Lipinski definition) is 7. The fraction of sp³-hybridized carbons (Fsp3) is 0.267. The Kier molecular flexibility index (Phi) is 3.88. The number of fused-ring (bicyclic) bond motifs is 1. The smallest absolute Gasteiger partial charge is 0.229 e. The topological polar surface area (TPSA) is 102 Å². The Hall–Kier alpha value is -3.03. The highest BCUT2D eigenvalue weighted by molar-refractivity contribution is 5.85. The zero-order valence-corrected chi connectivity index (χ0v) is 13.2. The van der Waals surface area contributed by atoms with Gasteiger partial charge in [0.2, 0.25) is 5.95 Å². The minimum absolute atomic E-state index is 0.396. The number of H-pyrrole nitrogens is 1. The number of ether oxygens (including phenoxy) is 2. The normalized spacial score (nSPS) is 10.7. The number of hydrogen-bond donors (Lipinski definition) is 2. The number of nitrogens with zero attached hydrogens (tertiary/aromatic N) is 4. The zero-order chi connectivity index (χ0) is 16.4. The predicted octanol–water partition coefficient (Wildman–Crippen LogP) is 1.59. The fourth-order valence-electron chi connectivity index (χ4n) is 2.32. The van der Waals surface area contributed by atoms with Crippen molar-refractivity contribution in [2.45, 2.75) is 6.54 Å². The predicted molar refractivity (Wildman–Crippen MR) is 87.7 cm³/mol. The first kappa shape index (κ1) is 14.9. The molecule has 0 amide bonds. The molecule has 120 valence electrons. The largest absolute Gasteiger partial charge is 0.497 e. The maximum Gasteiger partial charge on any atom is 0.229 e. The highest BCUT2D eigenvalue weighted by atomic mass is 16.5. The van der Waals surface area contributed by atoms with E-state index < -0.39 is 0 Å². The van der Waals surface area contributed by atoms with Crippen LogP contribution in [0.3, 0.4) is 0 Å². The van der Waals surface area contributed by atoms with Crippen molar-refractivity contribution in [2.24, 2.45) is 0 Å². The van der Waals surface area contributed by atoms with Gasteiger partial charge in [-0.25, -0.2) is 0 Å². The standard InChI is InChI=1S/C15H18N6O2/c1-21(8-9-4-5-10(22-2)6-12(9)23-3)15-18-13(16)11-7-17-20-14(11)19-15/h4-7H,8H2,1-3H3,(H3,16,17,18,19,20). The van der Waals surface area contributed by atoms with E-state index in [4.69, 9.17) is 15.2 Å². The number of aromatic nitrogens is 4. The van der Waals surface area contributed by atoms with Crippen LogP contribution in [0, 0.1) is 0 Å². The molecule has 0 aliphatic heterocycles. The number of anilines is 2. The summed E-state index contributed by atoms with van der Waals surface area (Å²) in [5.41, 5.74) is 7.55. The lowest BCUT2D eigenvalue weighted by atomic mass is 10.2. The summed E-state index contributed by atoms with van der Waals surface area (Å²) in [4.78, 5) is 10.6. The molecular formula is C15H18N6O2. The van der Waals surface area contributed by atoms with E-state index in [9.17, 15) is 0 Å². The van der Waals surface area contributed by atoms with Crippen LogP contribution in [0.1, 0.15) is 5.56 Å². The number of aromatic amines is 1. The van der Waals surface area contributed by atoms with Crippen molar-refractivity contribution in [3.8, 4) is 11.5 Å². The van der Waals surface area contributed by atoms with Gasteiger partial charge in [0, 0.05) is 25.2 Å². The SMILES string of the molecule is COc1ccc(CN(C)c2nc(N)c3cn[nH]c3n2)c(OC)c1. The Balaban J connectivity index is 1.89. The van der Waals surface area contributed by atoms with Crippen molar-refractivity contribution in [2.75, 3.05) is 31.9 Å². The van der Waals surface area contributed by atoms with Gasteiger partial charge in [0.15, 0.2) is 5.65 Å². The second-order valence-electron chi connectivity index (χ2n) is 5.07. The molecule has 0 spiro atoms. The molecule has 0 radical (unpaired) electrons. The molecule has 0 aliphatic rings. The molecule has 2 aromatic heterocycles. The van der Waals surface area contributed by atoms with Crippen molar-refractivity contribution in [3.05, 3.63) is 30.0 Å². The average molecular weight is 314 g/mol. The van der Waals surface area contributed by atoms with E-state index in [2.05, 4.69) is 20.2 Å². The highest BCUT2D eigenvalue weighted by Crippen LogP contribution is 2.27. The summed E-state index contributed by atoms with van der Waals surface area (Å²) in [6, 6.07) is 5.68. The summed E-state index contributed by atoms with van der Waals surface area (Å²) in [7, 11) is 5.14. The van der Waals surface area contributed by atoms with Gasteiger partial charge in [0.1, 0.15) is 17.3 Å². The Morgan fingerprint density at radius 3 is 2.78 bits per heavy atom. The molecule has 0 atom stereocenters. The third kappa shape index (κ3) is 2.83. The summed E-state index contributed by atoms with van der Waals surface area (Å²) < 4.78 is 10.6. The fourth-order valence-corrected chi connectivity index (χ4v) is 2.32. The second-order valence-corrected chi connectivity index (χ2v) is 5.07. The Morgan fingerprint density at radius 2 is 2.04 bits per heavy atom. The first-order chi connectivity index (χ1) is 11.1. The highest BCUT2D eigenvalue weighted by Gasteiger charge is 2.13. The summed E-state index contributed by atoms with van der Waals surface area (Å²) >= 11 is 0. The van der Waals surface area contributed by atoms with Crippen LogP contribution >= 0.6 is 0 Å². The molecule has 0 bridgehead atoms. The van der Waals surface area contributed by atoms with Gasteiger partial charge in [-0.05, 0) is 12.1 Å². The monoisotopic (exact) mass is 314 g/mol. The molecular weight excluding hydrogens is 296 g/mol. The summed E-state index contributed by atoms with van der Waals surface area (Å²) in [6.07, 6.45) is 1.61. The Morgan fingerprint density at radius 1 is 1.22 bits per heavy atom. The number of nitrogens with two attached hydrogens (primary N) is 1. The number of nitrogens with one attached hydrogen (secondary N) is 1. The van der Waals surface area contributed by atoms with Gasteiger partial charge in [-0.15, -0.1) is 0 Å². The quantitative estimate of drug-likeness (QED) is 0.737. The molecule has 0 saturated heterocycles. The van der Waals surface area contributed by atoms with Crippen LogP contribution in [-0.2, 0) is 6.54 Å². The number of benzene rings is 1. The minimum atomic E-state index is 0.396. The van der Waals surface area contributed by atoms with Crippen molar-refractivity contribution >= 4 is 22.8 Å². The van der Waals surface area contributed by atoms with Gasteiger partial charge in [-0.3, -0.25) is 5.10 Å². The Labute approximate surface area is 133 Å². The van der Waals surface area contributed by atoms with Crippen molar-refractivity contribution in [1.82, 2.24) is 20.2 Å². The molecule has 8 heteroatoms. The van der Waals surface area contributed by atoms with Crippen LogP contribution in [0.5, 0.6) is 11.5 Å². The van der Waals surface area contributed by atoms with E-state index in [0.717, 1.165) is 17.1 Å². The number of methoxy groups -OCH3 is 2. The zero-order valence-electron chi connectivity index (χ0n) is 13.2. The number of nitrogen functional groups attached to an aromatic ring is 1. The molecule has 0 unspecified atom stereocenters. The third-order valence-corrected chi connectivity index (χ3v) is 3.57. The molecule has 8 nitrogen and oxygen atoms in total. The lowest BCUT2D eigenvalue weighted by molar-refractivity contribution is 0.391. The maximum absolute atomic E-state index is 5.95. The molecule has 0 saturated carbocycles. The van der Waals surface area contributed by atoms with E-state index in [1.165, 1.54) is 0 Å². The lowest BCUT2D eigenvalue weighted by Crippen LogP contribution is -2.20. The maximum atomic E-state index is 5.95. The van der Waals surface area contributed by atoms with Crippen LogP contribution < -0.4 is 20.1 Å². The molecule has 3 N–H and O–H groups in total. The summed E-state index contributed by atoms with van der Waals surface area (Å²) in [6.45, 7) is 0.562. The minimum Gasteiger partial charge on any atom is -0.497 e. The van der Waals surface area contributed by atoms with E-state index >= 15 is 0 Å². The molecule has 0 aliphatic carbocycles. The van der Waals surface area contributed by atoms with Crippen molar-refractivity contribution in [3.63, 3.8) is 0 Å². The third-order valence-electron chi connectivity index (χ3n) is 3.57. The second kappa shape index (κ2) is 5.99. The van der Waals surface area contributed by atoms with Gasteiger partial charge < -0.3 is 20.1 Å². The van der Waals surface area contributed by atoms with Crippen LogP contribution in [0.2, 0.25) is 0 Å². The van der Waals surface area contributed by atoms with Gasteiger partial charge in [-0.2, -0.15) is 15.1 Å². The van der Waals surface area contributed by atoms with Crippen molar-refractivity contribution in [1.29, 1.82) is 0 Å². The molecule has 3 rings (SSSR count). The lowest BCUT2D eigenvalue weighted by Gasteiger charge is -2.19. The van der Waals surface area contributed by atoms with Crippen LogP contribution in [-0.4, -0.2) is 41.4 Å². The van der Waals surface area contributed by atoms with E-state index in [1.54, 1.807) is 20.4 Å². The van der Waals surface area contributed by atoms with Crippen LogP contribution in [0.4, 0.5) is 11.8 Å². The van der Waals surface area contributed by atoms with Crippen LogP contribution in [0.15, 0.2) is 24.4 Å². The van der Waals surface area contributed by atoms with Crippen LogP contribution in [0.25, 0.3) is 11.0 Å². The first-order valence-corrected chi connectivity index (χ1v) is 7.01.